The molecule has 12 aromatic rings. The first kappa shape index (κ1) is 40.3. The maximum absolute atomic E-state index is 2.52. The molecule has 0 bridgehead atoms. The lowest BCUT2D eigenvalue weighted by molar-refractivity contribution is 0.768. The molecule has 1 aliphatic carbocycles. The highest BCUT2D eigenvalue weighted by molar-refractivity contribution is 6.11. The van der Waals surface area contributed by atoms with Gasteiger partial charge in [0.05, 0.1) is 22.1 Å². The van der Waals surface area contributed by atoms with Gasteiger partial charge in [-0.05, 0) is 116 Å². The first-order chi connectivity index (χ1) is 34.3. The van der Waals surface area contributed by atoms with E-state index in [1.807, 2.05) is 0 Å². The second-order valence-corrected chi connectivity index (χ2v) is 18.0. The van der Waals surface area contributed by atoms with Crippen LogP contribution in [0.15, 0.2) is 279 Å². The van der Waals surface area contributed by atoms with E-state index in [0.717, 1.165) is 28.2 Å². The lowest BCUT2D eigenvalue weighted by Crippen LogP contribution is -2.28. The van der Waals surface area contributed by atoms with Gasteiger partial charge in [-0.25, -0.2) is 0 Å². The van der Waals surface area contributed by atoms with E-state index in [4.69, 9.17) is 0 Å². The zero-order valence-corrected chi connectivity index (χ0v) is 38.0. The second kappa shape index (κ2) is 16.7. The van der Waals surface area contributed by atoms with Crippen LogP contribution in [-0.4, -0.2) is 4.57 Å². The Hall–Kier alpha value is -8.98. The highest BCUT2D eigenvalue weighted by Gasteiger charge is 2.47. The molecular weight excluding hydrogens is 833 g/mol. The van der Waals surface area contributed by atoms with E-state index in [1.165, 1.54) is 83.1 Å². The molecule has 69 heavy (non-hydrogen) atoms. The molecule has 0 fully saturated rings. The predicted molar refractivity (Wildman–Crippen MR) is 289 cm³/mol. The number of aromatic nitrogens is 1. The Morgan fingerprint density at radius 2 is 0.812 bits per heavy atom. The smallest absolute Gasteiger partial charge is 0.0714 e. The molecule has 1 aliphatic rings. The van der Waals surface area contributed by atoms with Crippen molar-refractivity contribution in [3.05, 3.63) is 301 Å². The monoisotopic (exact) mass is 878 g/mol. The summed E-state index contributed by atoms with van der Waals surface area (Å²) in [6.07, 6.45) is 0. The number of hydrogen-bond acceptors (Lipinski definition) is 1. The molecule has 0 amide bonds. The van der Waals surface area contributed by atoms with Crippen LogP contribution in [0, 0.1) is 0 Å². The average molecular weight is 879 g/mol. The first-order valence-corrected chi connectivity index (χ1v) is 23.8. The predicted octanol–water partition coefficient (Wildman–Crippen LogP) is 17.6. The number of hydrogen-bond donors (Lipinski definition) is 0. The molecule has 1 aromatic heterocycles. The molecule has 0 radical (unpaired) electrons. The van der Waals surface area contributed by atoms with Crippen molar-refractivity contribution in [2.45, 2.75) is 5.41 Å². The number of benzene rings is 11. The van der Waals surface area contributed by atoms with E-state index < -0.39 is 5.41 Å². The van der Waals surface area contributed by atoms with E-state index in [9.17, 15) is 0 Å². The van der Waals surface area contributed by atoms with Crippen molar-refractivity contribution in [3.63, 3.8) is 0 Å². The molecule has 0 atom stereocenters. The Bertz CT molecular complexity index is 3780. The maximum Gasteiger partial charge on any atom is 0.0714 e. The van der Waals surface area contributed by atoms with Gasteiger partial charge in [0.2, 0.25) is 0 Å². The molecule has 0 aliphatic heterocycles. The number of fused-ring (bicyclic) bond motifs is 6. The van der Waals surface area contributed by atoms with Crippen molar-refractivity contribution in [1.82, 2.24) is 4.57 Å². The van der Waals surface area contributed by atoms with Crippen molar-refractivity contribution in [2.24, 2.45) is 0 Å². The molecule has 0 spiro atoms. The van der Waals surface area contributed by atoms with Crippen LogP contribution in [0.1, 0.15) is 22.3 Å². The van der Waals surface area contributed by atoms with Crippen molar-refractivity contribution in [1.29, 1.82) is 0 Å². The van der Waals surface area contributed by atoms with Gasteiger partial charge in [0.1, 0.15) is 0 Å². The standard InChI is InChI=1S/C67H46N2/c1-6-22-47(23-7-1)56-43-41-55(46-60(56)48-24-8-2-9-25-48)68(53-31-14-5-15-32-53)54-33-20-26-49(44-54)50-40-42-58-57-34-17-19-38-63(57)69(65(58)45-50)64-39-21-37-62-66(64)59-35-16-18-36-61(59)67(62,51-27-10-3-11-28-51)52-29-12-4-13-30-52/h1-46H. The fourth-order valence-corrected chi connectivity index (χ4v) is 11.3. The highest BCUT2D eigenvalue weighted by Crippen LogP contribution is 2.58. The largest absolute Gasteiger partial charge is 0.310 e. The zero-order chi connectivity index (χ0) is 45.7. The topological polar surface area (TPSA) is 8.17 Å². The third kappa shape index (κ3) is 6.56. The third-order valence-electron chi connectivity index (χ3n) is 14.3. The van der Waals surface area contributed by atoms with Crippen LogP contribution >= 0.6 is 0 Å². The van der Waals surface area contributed by atoms with Crippen molar-refractivity contribution >= 4 is 38.9 Å². The van der Waals surface area contributed by atoms with Crippen LogP contribution in [0.4, 0.5) is 17.1 Å². The Morgan fingerprint density at radius 3 is 1.54 bits per heavy atom. The maximum atomic E-state index is 2.52. The summed E-state index contributed by atoms with van der Waals surface area (Å²) in [5.41, 5.74) is 21.0. The van der Waals surface area contributed by atoms with E-state index in [2.05, 4.69) is 289 Å². The SMILES string of the molecule is c1ccc(-c2ccc(N(c3ccccc3)c3cccc(-c4ccc5c6ccccc6n(-c6cccc7c6-c6ccccc6C7(c6ccccc6)c6ccccc6)c5c4)c3)cc2-c2ccccc2)cc1. The molecule has 324 valence electrons. The molecule has 2 nitrogen and oxygen atoms in total. The summed E-state index contributed by atoms with van der Waals surface area (Å²) >= 11 is 0. The van der Waals surface area contributed by atoms with Crippen LogP contribution in [0.5, 0.6) is 0 Å². The van der Waals surface area contributed by atoms with Crippen LogP contribution in [-0.2, 0) is 5.41 Å². The minimum atomic E-state index is -0.497. The molecule has 0 saturated heterocycles. The van der Waals surface area contributed by atoms with Gasteiger partial charge >= 0.3 is 0 Å². The highest BCUT2D eigenvalue weighted by atomic mass is 15.1. The van der Waals surface area contributed by atoms with Gasteiger partial charge in [-0.1, -0.05) is 224 Å². The van der Waals surface area contributed by atoms with Gasteiger partial charge in [-0.2, -0.15) is 0 Å². The molecule has 11 aromatic carbocycles. The number of para-hydroxylation sites is 2. The van der Waals surface area contributed by atoms with Crippen LogP contribution in [0.2, 0.25) is 0 Å². The molecule has 2 heteroatoms. The molecular formula is C67H46N2. The summed E-state index contributed by atoms with van der Waals surface area (Å²) in [6.45, 7) is 0. The molecule has 13 rings (SSSR count). The van der Waals surface area contributed by atoms with Crippen LogP contribution < -0.4 is 4.90 Å². The van der Waals surface area contributed by atoms with Crippen molar-refractivity contribution < 1.29 is 0 Å². The Kier molecular flexibility index (Phi) is 9.77. The molecule has 0 N–H and O–H groups in total. The van der Waals surface area contributed by atoms with E-state index in [-0.39, 0.29) is 0 Å². The lowest BCUT2D eigenvalue weighted by Gasteiger charge is -2.34. The van der Waals surface area contributed by atoms with Crippen molar-refractivity contribution in [2.75, 3.05) is 4.90 Å². The number of nitrogens with zero attached hydrogens (tertiary/aromatic N) is 2. The minimum absolute atomic E-state index is 0.497. The van der Waals surface area contributed by atoms with Gasteiger partial charge in [-0.15, -0.1) is 0 Å². The number of anilines is 3. The van der Waals surface area contributed by atoms with E-state index >= 15 is 0 Å². The van der Waals surface area contributed by atoms with Crippen molar-refractivity contribution in [3.8, 4) is 50.2 Å². The first-order valence-electron chi connectivity index (χ1n) is 23.8. The van der Waals surface area contributed by atoms with E-state index in [1.54, 1.807) is 0 Å². The summed E-state index contributed by atoms with van der Waals surface area (Å²) < 4.78 is 2.52. The van der Waals surface area contributed by atoms with Gasteiger partial charge < -0.3 is 9.47 Å². The molecule has 1 heterocycles. The lowest BCUT2D eigenvalue weighted by atomic mass is 9.68. The minimum Gasteiger partial charge on any atom is -0.310 e. The van der Waals surface area contributed by atoms with E-state index in [0.29, 0.717) is 0 Å². The molecule has 0 saturated carbocycles. The van der Waals surface area contributed by atoms with Crippen LogP contribution in [0.3, 0.4) is 0 Å². The van der Waals surface area contributed by atoms with Gasteiger partial charge in [0.25, 0.3) is 0 Å². The molecule has 0 unspecified atom stereocenters. The zero-order valence-electron chi connectivity index (χ0n) is 38.0. The third-order valence-corrected chi connectivity index (χ3v) is 14.3. The summed E-state index contributed by atoms with van der Waals surface area (Å²) in [7, 11) is 0. The summed E-state index contributed by atoms with van der Waals surface area (Å²) in [6, 6.07) is 102. The van der Waals surface area contributed by atoms with Gasteiger partial charge in [0.15, 0.2) is 0 Å². The Labute approximate surface area is 403 Å². The number of rotatable bonds is 9. The van der Waals surface area contributed by atoms with Gasteiger partial charge in [0, 0.05) is 33.4 Å². The Morgan fingerprint density at radius 1 is 0.290 bits per heavy atom. The fourth-order valence-electron chi connectivity index (χ4n) is 11.3. The fraction of sp³-hybridized carbons (Fsp3) is 0.0149. The Balaban J connectivity index is 0.997. The summed E-state index contributed by atoms with van der Waals surface area (Å²) in [4.78, 5) is 2.39. The summed E-state index contributed by atoms with van der Waals surface area (Å²) in [5, 5.41) is 2.46. The normalized spacial score (nSPS) is 12.5. The van der Waals surface area contributed by atoms with Gasteiger partial charge in [-0.3, -0.25) is 0 Å². The second-order valence-electron chi connectivity index (χ2n) is 18.0. The van der Waals surface area contributed by atoms with Crippen LogP contribution in [0.25, 0.3) is 72.0 Å². The quantitative estimate of drug-likeness (QED) is 0.140. The summed E-state index contributed by atoms with van der Waals surface area (Å²) in [5.74, 6) is 0. The average Bonchev–Trinajstić information content (AvgIpc) is 3.93.